The van der Waals surface area contributed by atoms with Gasteiger partial charge in [-0.2, -0.15) is 0 Å². The van der Waals surface area contributed by atoms with Gasteiger partial charge < -0.3 is 10.6 Å². The van der Waals surface area contributed by atoms with E-state index in [1.54, 1.807) is 43.8 Å². The first-order valence-electron chi connectivity index (χ1n) is 9.96. The Morgan fingerprint density at radius 1 is 1.03 bits per heavy atom. The molecule has 7 heteroatoms. The van der Waals surface area contributed by atoms with Crippen molar-refractivity contribution in [3.63, 3.8) is 0 Å². The summed E-state index contributed by atoms with van der Waals surface area (Å²) in [6.07, 6.45) is 6.75. The van der Waals surface area contributed by atoms with Gasteiger partial charge in [0.15, 0.2) is 0 Å². The number of nitrogens with zero attached hydrogens (tertiary/aromatic N) is 3. The lowest BCUT2D eigenvalue weighted by Gasteiger charge is -2.09. The Kier molecular flexibility index (Phi) is 4.68. The van der Waals surface area contributed by atoms with E-state index in [0.717, 1.165) is 23.6 Å². The molecule has 6 nitrogen and oxygen atoms in total. The average Bonchev–Trinajstić information content (AvgIpc) is 3.63. The van der Waals surface area contributed by atoms with Crippen LogP contribution in [0.3, 0.4) is 0 Å². The van der Waals surface area contributed by atoms with Crippen molar-refractivity contribution in [2.24, 2.45) is 5.92 Å². The molecule has 0 radical (unpaired) electrons. The molecule has 1 fully saturated rings. The topological polar surface area (TPSA) is 79.8 Å². The van der Waals surface area contributed by atoms with Crippen molar-refractivity contribution in [3.05, 3.63) is 65.9 Å². The Morgan fingerprint density at radius 3 is 2.68 bits per heavy atom. The van der Waals surface area contributed by atoms with Crippen LogP contribution < -0.4 is 10.6 Å². The van der Waals surface area contributed by atoms with E-state index in [0.29, 0.717) is 28.1 Å². The number of carbonyl (C=O) groups excluding carboxylic acids is 1. The Morgan fingerprint density at radius 2 is 1.87 bits per heavy atom. The van der Waals surface area contributed by atoms with E-state index in [2.05, 4.69) is 37.4 Å². The number of aromatic nitrogens is 3. The summed E-state index contributed by atoms with van der Waals surface area (Å²) < 4.78 is 14.1. The molecule has 1 saturated carbocycles. The molecule has 3 heterocycles. The molecular weight excluding hydrogens is 393 g/mol. The van der Waals surface area contributed by atoms with Gasteiger partial charge in [0.1, 0.15) is 23.0 Å². The highest BCUT2D eigenvalue weighted by Crippen LogP contribution is 2.31. The lowest BCUT2D eigenvalue weighted by atomic mass is 10.1. The Balaban J connectivity index is 1.60. The summed E-state index contributed by atoms with van der Waals surface area (Å²) in [6, 6.07) is 8.39. The fraction of sp³-hybridized carbons (Fsp3) is 0.167. The predicted molar refractivity (Wildman–Crippen MR) is 118 cm³/mol. The summed E-state index contributed by atoms with van der Waals surface area (Å²) in [6.45, 7) is 0. The molecule has 2 N–H and O–H groups in total. The maximum Gasteiger partial charge on any atom is 0.228 e. The lowest BCUT2D eigenvalue weighted by Crippen LogP contribution is -2.14. The van der Waals surface area contributed by atoms with Crippen molar-refractivity contribution in [3.8, 4) is 11.8 Å². The van der Waals surface area contributed by atoms with Crippen LogP contribution in [0.2, 0.25) is 0 Å². The highest BCUT2D eigenvalue weighted by atomic mass is 19.1. The van der Waals surface area contributed by atoms with Crippen molar-refractivity contribution in [2.45, 2.75) is 12.8 Å². The highest BCUT2D eigenvalue weighted by molar-refractivity contribution is 5.99. The molecule has 31 heavy (non-hydrogen) atoms. The van der Waals surface area contributed by atoms with Gasteiger partial charge in [-0.1, -0.05) is 24.0 Å². The molecule has 0 bridgehead atoms. The summed E-state index contributed by atoms with van der Waals surface area (Å²) in [5.41, 5.74) is 1.64. The maximum atomic E-state index is 14.1. The van der Waals surface area contributed by atoms with Crippen LogP contribution >= 0.6 is 0 Å². The summed E-state index contributed by atoms with van der Waals surface area (Å²) in [7, 11) is 1.79. The monoisotopic (exact) mass is 411 g/mol. The zero-order valence-electron chi connectivity index (χ0n) is 16.7. The van der Waals surface area contributed by atoms with E-state index < -0.39 is 0 Å². The van der Waals surface area contributed by atoms with Crippen molar-refractivity contribution < 1.29 is 9.18 Å². The summed E-state index contributed by atoms with van der Waals surface area (Å²) in [5.74, 6) is 7.13. The van der Waals surface area contributed by atoms with Gasteiger partial charge in [-0.25, -0.2) is 14.4 Å². The first kappa shape index (κ1) is 18.9. The number of para-hydroxylation sites is 1. The third-order valence-corrected chi connectivity index (χ3v) is 5.26. The van der Waals surface area contributed by atoms with Gasteiger partial charge in [-0.15, -0.1) is 0 Å². The van der Waals surface area contributed by atoms with Crippen molar-refractivity contribution in [1.82, 2.24) is 15.0 Å². The normalized spacial score (nSPS) is 13.0. The van der Waals surface area contributed by atoms with Crippen LogP contribution in [0.15, 0.2) is 48.9 Å². The number of hydrogen-bond acceptors (Lipinski definition) is 5. The van der Waals surface area contributed by atoms with Crippen molar-refractivity contribution in [2.75, 3.05) is 17.7 Å². The van der Waals surface area contributed by atoms with Gasteiger partial charge in [0.05, 0.1) is 5.56 Å². The number of benzene rings is 1. The van der Waals surface area contributed by atoms with Crippen LogP contribution in [0.5, 0.6) is 0 Å². The predicted octanol–water partition coefficient (Wildman–Crippen LogP) is 4.11. The third-order valence-electron chi connectivity index (χ3n) is 5.26. The first-order valence-corrected chi connectivity index (χ1v) is 9.96. The second kappa shape index (κ2) is 7.65. The fourth-order valence-electron chi connectivity index (χ4n) is 3.46. The molecular formula is C24H18FN5O. The average molecular weight is 411 g/mol. The summed E-state index contributed by atoms with van der Waals surface area (Å²) in [5, 5.41) is 8.19. The van der Waals surface area contributed by atoms with Crippen LogP contribution in [0.1, 0.15) is 24.0 Å². The van der Waals surface area contributed by atoms with E-state index in [1.807, 2.05) is 6.07 Å². The number of carbonyl (C=O) groups is 1. The molecule has 5 rings (SSSR count). The second-order valence-electron chi connectivity index (χ2n) is 7.39. The van der Waals surface area contributed by atoms with E-state index in [-0.39, 0.29) is 23.2 Å². The largest absolute Gasteiger partial charge is 0.373 e. The fourth-order valence-corrected chi connectivity index (χ4v) is 3.46. The second-order valence-corrected chi connectivity index (χ2v) is 7.39. The van der Waals surface area contributed by atoms with E-state index in [1.165, 1.54) is 6.07 Å². The molecule has 4 aromatic rings. The van der Waals surface area contributed by atoms with Crippen LogP contribution in [0, 0.1) is 23.6 Å². The number of fused-ring (bicyclic) bond motifs is 2. The molecule has 152 valence electrons. The number of rotatable bonds is 3. The minimum Gasteiger partial charge on any atom is -0.373 e. The Labute approximate surface area is 177 Å². The zero-order valence-corrected chi connectivity index (χ0v) is 16.7. The molecule has 1 aliphatic rings. The SMILES string of the molecule is CNc1ncc(C#Cc2ccnc3c(F)cccc23)c2cc(NC(=O)C3CC3)ncc12. The van der Waals surface area contributed by atoms with Crippen LogP contribution in [0.4, 0.5) is 16.0 Å². The molecule has 0 aliphatic heterocycles. The minimum atomic E-state index is -0.381. The van der Waals surface area contributed by atoms with Crippen molar-refractivity contribution in [1.29, 1.82) is 0 Å². The Hall–Kier alpha value is -4.05. The summed E-state index contributed by atoms with van der Waals surface area (Å²) in [4.78, 5) is 25.1. The van der Waals surface area contributed by atoms with Gasteiger partial charge in [-0.3, -0.25) is 9.78 Å². The number of anilines is 2. The van der Waals surface area contributed by atoms with Crippen LogP contribution in [-0.4, -0.2) is 27.9 Å². The number of amides is 1. The van der Waals surface area contributed by atoms with Crippen LogP contribution in [0.25, 0.3) is 21.7 Å². The van der Waals surface area contributed by atoms with Gasteiger partial charge in [0.2, 0.25) is 5.91 Å². The molecule has 0 saturated heterocycles. The first-order chi connectivity index (χ1) is 15.1. The molecule has 0 spiro atoms. The molecule has 0 atom stereocenters. The van der Waals surface area contributed by atoms with Gasteiger partial charge >= 0.3 is 0 Å². The Bertz CT molecular complexity index is 1400. The quantitative estimate of drug-likeness (QED) is 0.496. The third kappa shape index (κ3) is 3.64. The molecule has 0 unspecified atom stereocenters. The van der Waals surface area contributed by atoms with Crippen LogP contribution in [-0.2, 0) is 4.79 Å². The molecule has 1 aliphatic carbocycles. The number of nitrogens with one attached hydrogen (secondary N) is 2. The number of halogens is 1. The van der Waals surface area contributed by atoms with E-state index in [9.17, 15) is 9.18 Å². The van der Waals surface area contributed by atoms with Crippen molar-refractivity contribution >= 4 is 39.2 Å². The lowest BCUT2D eigenvalue weighted by molar-refractivity contribution is -0.117. The number of hydrogen-bond donors (Lipinski definition) is 2. The van der Waals surface area contributed by atoms with E-state index in [4.69, 9.17) is 0 Å². The zero-order chi connectivity index (χ0) is 21.4. The minimum absolute atomic E-state index is 0.00679. The summed E-state index contributed by atoms with van der Waals surface area (Å²) >= 11 is 0. The van der Waals surface area contributed by atoms with Gasteiger partial charge in [-0.05, 0) is 31.0 Å². The number of pyridine rings is 3. The van der Waals surface area contributed by atoms with E-state index >= 15 is 0 Å². The highest BCUT2D eigenvalue weighted by Gasteiger charge is 2.29. The molecule has 1 amide bonds. The smallest absolute Gasteiger partial charge is 0.228 e. The molecule has 1 aromatic carbocycles. The van der Waals surface area contributed by atoms with Gasteiger partial charge in [0, 0.05) is 53.3 Å². The van der Waals surface area contributed by atoms with Gasteiger partial charge in [0.25, 0.3) is 0 Å². The maximum absolute atomic E-state index is 14.1. The molecule has 3 aromatic heterocycles. The standard InChI is InChI=1S/C24H18FN5O/c1-26-23-19-13-28-21(30-24(31)15-6-7-15)11-18(19)16(12-29-23)8-5-14-9-10-27-22-17(14)3-2-4-20(22)25/h2-4,9-13,15H,6-7H2,1H3,(H,26,29)(H,28,30,31).